The van der Waals surface area contributed by atoms with Gasteiger partial charge in [-0.25, -0.2) is 0 Å². The Morgan fingerprint density at radius 2 is 2.50 bits per heavy atom. The van der Waals surface area contributed by atoms with E-state index in [0.717, 1.165) is 25.9 Å². The number of amides is 1. The summed E-state index contributed by atoms with van der Waals surface area (Å²) in [6.45, 7) is 1.93. The molecule has 1 aromatic heterocycles. The van der Waals surface area contributed by atoms with Gasteiger partial charge in [0.05, 0.1) is 12.5 Å². The maximum atomic E-state index is 11.9. The van der Waals surface area contributed by atoms with Crippen LogP contribution >= 0.6 is 0 Å². The molecule has 0 bridgehead atoms. The van der Waals surface area contributed by atoms with Crippen molar-refractivity contribution in [2.75, 3.05) is 20.1 Å². The Morgan fingerprint density at radius 3 is 3.22 bits per heavy atom. The normalized spacial score (nSPS) is 20.6. The van der Waals surface area contributed by atoms with Crippen molar-refractivity contribution in [3.63, 3.8) is 0 Å². The number of carbonyl (C=O) groups is 1. The van der Waals surface area contributed by atoms with Crippen LogP contribution in [0.3, 0.4) is 0 Å². The standard InChI is InChI=1S/C11H17N5O2/c1-16-4-2-3-8(6-16)10(17)12-5-9-11(18)13-7-14-15-9/h7-8H,2-6H2,1H3,(H,12,17)(H,13,14,18). The van der Waals surface area contributed by atoms with Crippen molar-refractivity contribution in [1.82, 2.24) is 25.4 Å². The summed E-state index contributed by atoms with van der Waals surface area (Å²) in [5.41, 5.74) is -0.0823. The molecule has 0 aromatic carbocycles. The van der Waals surface area contributed by atoms with Crippen LogP contribution in [-0.2, 0) is 11.3 Å². The van der Waals surface area contributed by atoms with Crippen molar-refractivity contribution in [3.05, 3.63) is 22.4 Å². The van der Waals surface area contributed by atoms with Gasteiger partial charge < -0.3 is 15.2 Å². The number of rotatable bonds is 3. The first-order valence-corrected chi connectivity index (χ1v) is 6.02. The van der Waals surface area contributed by atoms with Crippen molar-refractivity contribution in [3.8, 4) is 0 Å². The highest BCUT2D eigenvalue weighted by molar-refractivity contribution is 5.78. The molecule has 1 aliphatic rings. The first-order valence-electron chi connectivity index (χ1n) is 6.02. The van der Waals surface area contributed by atoms with Gasteiger partial charge in [0.15, 0.2) is 0 Å². The van der Waals surface area contributed by atoms with Crippen LogP contribution in [0, 0.1) is 5.92 Å². The number of aromatic amines is 1. The smallest absolute Gasteiger partial charge is 0.274 e. The van der Waals surface area contributed by atoms with Gasteiger partial charge in [-0.05, 0) is 26.4 Å². The maximum absolute atomic E-state index is 11.9. The lowest BCUT2D eigenvalue weighted by atomic mass is 9.97. The largest absolute Gasteiger partial charge is 0.350 e. The molecule has 18 heavy (non-hydrogen) atoms. The number of carbonyl (C=O) groups excluding carboxylic acids is 1. The number of hydrogen-bond acceptors (Lipinski definition) is 5. The van der Waals surface area contributed by atoms with E-state index in [1.54, 1.807) is 0 Å². The van der Waals surface area contributed by atoms with Crippen LogP contribution in [0.4, 0.5) is 0 Å². The predicted octanol–water partition coefficient (Wildman–Crippen LogP) is -0.877. The zero-order chi connectivity index (χ0) is 13.0. The Labute approximate surface area is 105 Å². The molecule has 0 spiro atoms. The zero-order valence-corrected chi connectivity index (χ0v) is 10.3. The summed E-state index contributed by atoms with van der Waals surface area (Å²) in [5.74, 6) is -0.0221. The molecule has 1 aliphatic heterocycles. The SMILES string of the molecule is CN1CCCC(C(=O)NCc2nnc[nH]c2=O)C1. The van der Waals surface area contributed by atoms with Gasteiger partial charge in [0.25, 0.3) is 5.56 Å². The van der Waals surface area contributed by atoms with Crippen molar-refractivity contribution in [1.29, 1.82) is 0 Å². The van der Waals surface area contributed by atoms with E-state index in [9.17, 15) is 9.59 Å². The molecule has 7 nitrogen and oxygen atoms in total. The average Bonchev–Trinajstić information content (AvgIpc) is 2.37. The van der Waals surface area contributed by atoms with Crippen LogP contribution in [0.15, 0.2) is 11.1 Å². The topological polar surface area (TPSA) is 91.0 Å². The van der Waals surface area contributed by atoms with Crippen molar-refractivity contribution < 1.29 is 4.79 Å². The predicted molar refractivity (Wildman–Crippen MR) is 64.7 cm³/mol. The molecule has 0 radical (unpaired) electrons. The van der Waals surface area contributed by atoms with Gasteiger partial charge in [0.2, 0.25) is 5.91 Å². The molecule has 1 amide bonds. The van der Waals surface area contributed by atoms with E-state index in [0.29, 0.717) is 0 Å². The highest BCUT2D eigenvalue weighted by Gasteiger charge is 2.23. The first kappa shape index (κ1) is 12.7. The van der Waals surface area contributed by atoms with Crippen molar-refractivity contribution in [2.45, 2.75) is 19.4 Å². The molecule has 7 heteroatoms. The highest BCUT2D eigenvalue weighted by Crippen LogP contribution is 2.14. The zero-order valence-electron chi connectivity index (χ0n) is 10.3. The molecule has 2 heterocycles. The Hall–Kier alpha value is -1.76. The minimum atomic E-state index is -0.314. The van der Waals surface area contributed by atoms with Gasteiger partial charge in [-0.2, -0.15) is 0 Å². The number of piperidine rings is 1. The molecule has 0 saturated carbocycles. The van der Waals surface area contributed by atoms with E-state index in [2.05, 4.69) is 25.4 Å². The molecular formula is C11H17N5O2. The van der Waals surface area contributed by atoms with E-state index >= 15 is 0 Å². The van der Waals surface area contributed by atoms with Crippen molar-refractivity contribution in [2.24, 2.45) is 5.92 Å². The third kappa shape index (κ3) is 3.13. The second-order valence-electron chi connectivity index (χ2n) is 4.58. The van der Waals surface area contributed by atoms with Crippen LogP contribution in [0.25, 0.3) is 0 Å². The van der Waals surface area contributed by atoms with Crippen LogP contribution in [-0.4, -0.2) is 46.1 Å². The molecule has 98 valence electrons. The van der Waals surface area contributed by atoms with E-state index in [-0.39, 0.29) is 29.6 Å². The van der Waals surface area contributed by atoms with Gasteiger partial charge in [-0.15, -0.1) is 10.2 Å². The van der Waals surface area contributed by atoms with E-state index in [4.69, 9.17) is 0 Å². The summed E-state index contributed by atoms with van der Waals surface area (Å²) in [4.78, 5) is 27.8. The van der Waals surface area contributed by atoms with Crippen LogP contribution < -0.4 is 10.9 Å². The van der Waals surface area contributed by atoms with Gasteiger partial charge in [0, 0.05) is 6.54 Å². The number of likely N-dealkylation sites (tertiary alicyclic amines) is 1. The van der Waals surface area contributed by atoms with Crippen LogP contribution in [0.1, 0.15) is 18.5 Å². The van der Waals surface area contributed by atoms with E-state index in [1.807, 2.05) is 7.05 Å². The number of nitrogens with zero attached hydrogens (tertiary/aromatic N) is 3. The molecule has 2 rings (SSSR count). The Bertz CT molecular complexity index is 473. The quantitative estimate of drug-likeness (QED) is 0.728. The average molecular weight is 251 g/mol. The fraction of sp³-hybridized carbons (Fsp3) is 0.636. The highest BCUT2D eigenvalue weighted by atomic mass is 16.2. The van der Waals surface area contributed by atoms with E-state index in [1.165, 1.54) is 6.33 Å². The van der Waals surface area contributed by atoms with Gasteiger partial charge in [-0.1, -0.05) is 0 Å². The van der Waals surface area contributed by atoms with Gasteiger partial charge in [-0.3, -0.25) is 9.59 Å². The minimum absolute atomic E-state index is 0.000460. The van der Waals surface area contributed by atoms with Crippen LogP contribution in [0.2, 0.25) is 0 Å². The third-order valence-electron chi connectivity index (χ3n) is 3.12. The fourth-order valence-electron chi connectivity index (χ4n) is 2.13. The lowest BCUT2D eigenvalue weighted by molar-refractivity contribution is -0.126. The summed E-state index contributed by atoms with van der Waals surface area (Å²) in [5, 5.41) is 10.0. The molecule has 1 aromatic rings. The number of H-pyrrole nitrogens is 1. The fourth-order valence-corrected chi connectivity index (χ4v) is 2.13. The monoisotopic (exact) mass is 251 g/mol. The summed E-state index contributed by atoms with van der Waals surface area (Å²) < 4.78 is 0. The second-order valence-corrected chi connectivity index (χ2v) is 4.58. The molecule has 1 fully saturated rings. The summed E-state index contributed by atoms with van der Waals surface area (Å²) in [6, 6.07) is 0. The molecule has 1 unspecified atom stereocenters. The third-order valence-corrected chi connectivity index (χ3v) is 3.12. The molecule has 0 aliphatic carbocycles. The number of aromatic nitrogens is 3. The Kier molecular flexibility index (Phi) is 4.03. The van der Waals surface area contributed by atoms with Crippen molar-refractivity contribution >= 4 is 5.91 Å². The number of nitrogens with one attached hydrogen (secondary N) is 2. The van der Waals surface area contributed by atoms with Gasteiger partial charge in [0.1, 0.15) is 12.0 Å². The summed E-state index contributed by atoms with van der Waals surface area (Å²) in [6.07, 6.45) is 3.15. The molecule has 1 atom stereocenters. The van der Waals surface area contributed by atoms with E-state index < -0.39 is 0 Å². The molecule has 2 N–H and O–H groups in total. The lowest BCUT2D eigenvalue weighted by Crippen LogP contribution is -2.41. The Balaban J connectivity index is 1.88. The maximum Gasteiger partial charge on any atom is 0.274 e. The summed E-state index contributed by atoms with van der Waals surface area (Å²) >= 11 is 0. The first-order chi connectivity index (χ1) is 8.66. The van der Waals surface area contributed by atoms with Crippen LogP contribution in [0.5, 0.6) is 0 Å². The number of hydrogen-bond donors (Lipinski definition) is 2. The molecule has 1 saturated heterocycles. The summed E-state index contributed by atoms with van der Waals surface area (Å²) in [7, 11) is 2.01. The lowest BCUT2D eigenvalue weighted by Gasteiger charge is -2.28. The molecular weight excluding hydrogens is 234 g/mol. The Morgan fingerprint density at radius 1 is 1.67 bits per heavy atom. The van der Waals surface area contributed by atoms with Gasteiger partial charge >= 0.3 is 0 Å². The second kappa shape index (κ2) is 5.72. The minimum Gasteiger partial charge on any atom is -0.350 e.